The fourth-order valence-corrected chi connectivity index (χ4v) is 1.45. The summed E-state index contributed by atoms with van der Waals surface area (Å²) < 4.78 is 4.85. The zero-order chi connectivity index (χ0) is 13.5. The summed E-state index contributed by atoms with van der Waals surface area (Å²) in [6.45, 7) is 0.123. The van der Waals surface area contributed by atoms with E-state index < -0.39 is 11.0 Å². The van der Waals surface area contributed by atoms with E-state index in [1.807, 2.05) is 0 Å². The zero-order valence-electron chi connectivity index (χ0n) is 9.68. The Morgan fingerprint density at radius 2 is 2.39 bits per heavy atom. The van der Waals surface area contributed by atoms with Crippen LogP contribution in [0.2, 0.25) is 0 Å². The minimum Gasteiger partial charge on any atom is -0.490 e. The van der Waals surface area contributed by atoms with E-state index in [1.165, 1.54) is 25.3 Å². The third-order valence-corrected chi connectivity index (χ3v) is 2.35. The molecule has 1 N–H and O–H groups in total. The van der Waals surface area contributed by atoms with Crippen molar-refractivity contribution in [2.24, 2.45) is 5.11 Å². The van der Waals surface area contributed by atoms with Crippen molar-refractivity contribution in [3.63, 3.8) is 0 Å². The summed E-state index contributed by atoms with van der Waals surface area (Å²) in [7, 11) is 1.33. The first kappa shape index (κ1) is 13.8. The van der Waals surface area contributed by atoms with E-state index in [2.05, 4.69) is 10.0 Å². The minimum absolute atomic E-state index is 0.123. The molecule has 0 aliphatic carbocycles. The van der Waals surface area contributed by atoms with Crippen molar-refractivity contribution in [3.8, 4) is 5.75 Å². The van der Waals surface area contributed by atoms with Crippen LogP contribution in [0.5, 0.6) is 5.75 Å². The first-order chi connectivity index (χ1) is 8.60. The maximum absolute atomic E-state index is 10.8. The molecule has 8 nitrogen and oxygen atoms in total. The molecular formula is C10H12N4O4. The molecule has 0 aliphatic heterocycles. The molecule has 8 heteroatoms. The Morgan fingerprint density at radius 3 is 2.94 bits per heavy atom. The molecule has 1 unspecified atom stereocenters. The lowest BCUT2D eigenvalue weighted by molar-refractivity contribution is -0.385. The Morgan fingerprint density at radius 1 is 1.67 bits per heavy atom. The van der Waals surface area contributed by atoms with Crippen molar-refractivity contribution in [3.05, 3.63) is 44.3 Å². The SMILES string of the molecule is COc1ccc(C(O)CCN=[N+]=[N-])cc1[N+](=O)[O-]. The topological polar surface area (TPSA) is 121 Å². The number of aliphatic hydroxyl groups is 1. The predicted molar refractivity (Wildman–Crippen MR) is 63.2 cm³/mol. The van der Waals surface area contributed by atoms with Gasteiger partial charge >= 0.3 is 5.69 Å². The molecule has 0 saturated carbocycles. The highest BCUT2D eigenvalue weighted by Gasteiger charge is 2.18. The van der Waals surface area contributed by atoms with E-state index >= 15 is 0 Å². The monoisotopic (exact) mass is 252 g/mol. The predicted octanol–water partition coefficient (Wildman–Crippen LogP) is 2.34. The quantitative estimate of drug-likeness (QED) is 0.274. The van der Waals surface area contributed by atoms with Gasteiger partial charge in [0, 0.05) is 17.5 Å². The van der Waals surface area contributed by atoms with E-state index in [0.29, 0.717) is 5.56 Å². The molecule has 1 aromatic rings. The summed E-state index contributed by atoms with van der Waals surface area (Å²) in [6.07, 6.45) is -0.715. The third-order valence-electron chi connectivity index (χ3n) is 2.35. The van der Waals surface area contributed by atoms with Crippen LogP contribution in [0.1, 0.15) is 18.1 Å². The van der Waals surface area contributed by atoms with Gasteiger partial charge in [0.25, 0.3) is 0 Å². The number of azide groups is 1. The number of methoxy groups -OCH3 is 1. The minimum atomic E-state index is -0.917. The molecular weight excluding hydrogens is 240 g/mol. The van der Waals surface area contributed by atoms with Gasteiger partial charge in [-0.2, -0.15) is 0 Å². The van der Waals surface area contributed by atoms with Crippen LogP contribution >= 0.6 is 0 Å². The van der Waals surface area contributed by atoms with Gasteiger partial charge in [0.05, 0.1) is 18.1 Å². The summed E-state index contributed by atoms with van der Waals surface area (Å²) in [5.41, 5.74) is 8.28. The van der Waals surface area contributed by atoms with Crippen LogP contribution in [-0.2, 0) is 0 Å². The van der Waals surface area contributed by atoms with Gasteiger partial charge in [0.2, 0.25) is 0 Å². The van der Waals surface area contributed by atoms with Crippen LogP contribution in [0.15, 0.2) is 23.3 Å². The molecule has 1 rings (SSSR count). The lowest BCUT2D eigenvalue weighted by atomic mass is 10.1. The summed E-state index contributed by atoms with van der Waals surface area (Å²) in [6, 6.07) is 4.20. The zero-order valence-corrected chi connectivity index (χ0v) is 9.68. The maximum atomic E-state index is 10.8. The summed E-state index contributed by atoms with van der Waals surface area (Å²) in [4.78, 5) is 12.8. The van der Waals surface area contributed by atoms with Crippen molar-refractivity contribution in [2.45, 2.75) is 12.5 Å². The lowest BCUT2D eigenvalue weighted by Crippen LogP contribution is -2.01. The normalized spacial score (nSPS) is 11.4. The van der Waals surface area contributed by atoms with Gasteiger partial charge in [-0.25, -0.2) is 0 Å². The summed E-state index contributed by atoms with van der Waals surface area (Å²) >= 11 is 0. The summed E-state index contributed by atoms with van der Waals surface area (Å²) in [5.74, 6) is 0.131. The summed E-state index contributed by atoms with van der Waals surface area (Å²) in [5, 5.41) is 23.9. The van der Waals surface area contributed by atoms with Crippen LogP contribution in [0, 0.1) is 10.1 Å². The van der Waals surface area contributed by atoms with E-state index in [9.17, 15) is 15.2 Å². The number of aliphatic hydroxyl groups excluding tert-OH is 1. The molecule has 0 heterocycles. The van der Waals surface area contributed by atoms with Gasteiger partial charge in [0.15, 0.2) is 5.75 Å². The molecule has 96 valence electrons. The van der Waals surface area contributed by atoms with Crippen molar-refractivity contribution in [2.75, 3.05) is 13.7 Å². The van der Waals surface area contributed by atoms with Gasteiger partial charge in [-0.3, -0.25) is 10.1 Å². The molecule has 1 atom stereocenters. The standard InChI is InChI=1S/C10H12N4O4/c1-18-10-3-2-7(6-8(10)14(16)17)9(15)4-5-12-13-11/h2-3,6,9,15H,4-5H2,1H3. The second kappa shape index (κ2) is 6.43. The maximum Gasteiger partial charge on any atom is 0.311 e. The second-order valence-electron chi connectivity index (χ2n) is 3.45. The number of rotatable bonds is 6. The molecule has 1 aromatic carbocycles. The Bertz CT molecular complexity index is 485. The Hall–Kier alpha value is -2.31. The van der Waals surface area contributed by atoms with Crippen molar-refractivity contribution in [1.82, 2.24) is 0 Å². The van der Waals surface area contributed by atoms with Crippen LogP contribution in [0.25, 0.3) is 10.4 Å². The molecule has 0 aliphatic rings. The van der Waals surface area contributed by atoms with Crippen molar-refractivity contribution in [1.29, 1.82) is 0 Å². The number of nitro benzene ring substituents is 1. The van der Waals surface area contributed by atoms with E-state index in [1.54, 1.807) is 0 Å². The number of nitrogens with zero attached hydrogens (tertiary/aromatic N) is 4. The Balaban J connectivity index is 2.93. The molecule has 0 bridgehead atoms. The first-order valence-corrected chi connectivity index (χ1v) is 5.11. The highest BCUT2D eigenvalue weighted by molar-refractivity contribution is 5.49. The van der Waals surface area contributed by atoms with E-state index in [-0.39, 0.29) is 24.4 Å². The third kappa shape index (κ3) is 3.34. The van der Waals surface area contributed by atoms with E-state index in [4.69, 9.17) is 10.3 Å². The van der Waals surface area contributed by atoms with Crippen molar-refractivity contribution >= 4 is 5.69 Å². The number of hydrogen-bond acceptors (Lipinski definition) is 5. The van der Waals surface area contributed by atoms with Crippen LogP contribution < -0.4 is 4.74 Å². The van der Waals surface area contributed by atoms with Gasteiger partial charge < -0.3 is 9.84 Å². The lowest BCUT2D eigenvalue weighted by Gasteiger charge is -2.10. The fraction of sp³-hybridized carbons (Fsp3) is 0.400. The van der Waals surface area contributed by atoms with Gasteiger partial charge in [-0.05, 0) is 23.6 Å². The highest BCUT2D eigenvalue weighted by Crippen LogP contribution is 2.30. The molecule has 0 radical (unpaired) electrons. The Labute approximate surface area is 103 Å². The van der Waals surface area contributed by atoms with Crippen LogP contribution in [-0.4, -0.2) is 23.7 Å². The molecule has 0 fully saturated rings. The molecule has 0 aromatic heterocycles. The molecule has 0 saturated heterocycles. The second-order valence-corrected chi connectivity index (χ2v) is 3.45. The number of nitro groups is 1. The molecule has 0 spiro atoms. The smallest absolute Gasteiger partial charge is 0.311 e. The van der Waals surface area contributed by atoms with Gasteiger partial charge in [0.1, 0.15) is 0 Å². The van der Waals surface area contributed by atoms with Gasteiger partial charge in [-0.15, -0.1) is 0 Å². The molecule has 0 amide bonds. The first-order valence-electron chi connectivity index (χ1n) is 5.11. The Kier molecular flexibility index (Phi) is 4.91. The average molecular weight is 252 g/mol. The van der Waals surface area contributed by atoms with Gasteiger partial charge in [-0.1, -0.05) is 11.2 Å². The van der Waals surface area contributed by atoms with Crippen LogP contribution in [0.4, 0.5) is 5.69 Å². The number of hydrogen-bond donors (Lipinski definition) is 1. The largest absolute Gasteiger partial charge is 0.490 e. The number of ether oxygens (including phenoxy) is 1. The fourth-order valence-electron chi connectivity index (χ4n) is 1.45. The average Bonchev–Trinajstić information content (AvgIpc) is 2.38. The highest BCUT2D eigenvalue weighted by atomic mass is 16.6. The number of benzene rings is 1. The molecule has 18 heavy (non-hydrogen) atoms. The van der Waals surface area contributed by atoms with E-state index in [0.717, 1.165) is 0 Å². The van der Waals surface area contributed by atoms with Crippen molar-refractivity contribution < 1.29 is 14.8 Å². The van der Waals surface area contributed by atoms with Crippen LogP contribution in [0.3, 0.4) is 0 Å².